The van der Waals surface area contributed by atoms with Crippen molar-refractivity contribution >= 4 is 0 Å². The predicted octanol–water partition coefficient (Wildman–Crippen LogP) is 2.43. The molecule has 3 saturated carbocycles. The summed E-state index contributed by atoms with van der Waals surface area (Å²) in [5, 5.41) is 3.99. The van der Waals surface area contributed by atoms with Crippen molar-refractivity contribution in [2.24, 2.45) is 17.6 Å². The second kappa shape index (κ2) is 4.30. The van der Waals surface area contributed by atoms with Crippen molar-refractivity contribution in [1.82, 2.24) is 5.32 Å². The van der Waals surface area contributed by atoms with Gasteiger partial charge in [0.05, 0.1) is 0 Å². The third-order valence-corrected chi connectivity index (χ3v) is 5.44. The maximum Gasteiger partial charge on any atom is 0.0337 e. The third-order valence-electron chi connectivity index (χ3n) is 5.44. The molecule has 0 spiro atoms. The molecule has 2 heteroatoms. The van der Waals surface area contributed by atoms with Gasteiger partial charge in [-0.15, -0.1) is 0 Å². The molecule has 3 N–H and O–H groups in total. The fraction of sp³-hybridized carbons (Fsp3) is 1.00. The fourth-order valence-corrected chi connectivity index (χ4v) is 4.58. The first-order valence-corrected chi connectivity index (χ1v) is 7.30. The van der Waals surface area contributed by atoms with Gasteiger partial charge in [0.1, 0.15) is 0 Å². The van der Waals surface area contributed by atoms with Crippen LogP contribution in [0.2, 0.25) is 0 Å². The average Bonchev–Trinajstić information content (AvgIpc) is 2.91. The Labute approximate surface area is 99.4 Å². The molecule has 0 aromatic heterocycles. The second-order valence-electron chi connectivity index (χ2n) is 6.42. The largest absolute Gasteiger partial charge is 0.329 e. The molecule has 2 bridgehead atoms. The molecule has 3 aliphatic rings. The minimum absolute atomic E-state index is 0.338. The lowest BCUT2D eigenvalue weighted by molar-refractivity contribution is 0.175. The van der Waals surface area contributed by atoms with E-state index in [0.717, 1.165) is 24.4 Å². The molecule has 2 nitrogen and oxygen atoms in total. The molecule has 3 unspecified atom stereocenters. The van der Waals surface area contributed by atoms with Crippen LogP contribution >= 0.6 is 0 Å². The third kappa shape index (κ3) is 1.80. The van der Waals surface area contributed by atoms with Crippen molar-refractivity contribution in [2.75, 3.05) is 6.54 Å². The van der Waals surface area contributed by atoms with Gasteiger partial charge in [-0.05, 0) is 43.9 Å². The van der Waals surface area contributed by atoms with Crippen LogP contribution in [0.5, 0.6) is 0 Å². The number of nitrogens with one attached hydrogen (secondary N) is 1. The van der Waals surface area contributed by atoms with Crippen LogP contribution in [0.25, 0.3) is 0 Å². The summed E-state index contributed by atoms with van der Waals surface area (Å²) in [4.78, 5) is 0. The molecule has 3 atom stereocenters. The number of nitrogens with two attached hydrogens (primary N) is 1. The van der Waals surface area contributed by atoms with E-state index < -0.39 is 0 Å². The highest BCUT2D eigenvalue weighted by Crippen LogP contribution is 2.50. The van der Waals surface area contributed by atoms with E-state index in [1.54, 1.807) is 0 Å². The van der Waals surface area contributed by atoms with Crippen LogP contribution in [0, 0.1) is 11.8 Å². The molecular formula is C14H26N2. The Morgan fingerprint density at radius 3 is 2.44 bits per heavy atom. The highest BCUT2D eigenvalue weighted by Gasteiger charge is 2.50. The first-order chi connectivity index (χ1) is 7.82. The zero-order valence-electron chi connectivity index (χ0n) is 10.4. The zero-order valence-corrected chi connectivity index (χ0v) is 10.4. The van der Waals surface area contributed by atoms with Gasteiger partial charge in [0.2, 0.25) is 0 Å². The molecule has 0 aromatic rings. The summed E-state index contributed by atoms with van der Waals surface area (Å²) < 4.78 is 0. The van der Waals surface area contributed by atoms with Crippen molar-refractivity contribution in [3.05, 3.63) is 0 Å². The summed E-state index contributed by atoms with van der Waals surface area (Å²) in [6.07, 6.45) is 12.8. The van der Waals surface area contributed by atoms with E-state index in [1.807, 2.05) is 0 Å². The van der Waals surface area contributed by atoms with Gasteiger partial charge in [-0.3, -0.25) is 0 Å². The van der Waals surface area contributed by atoms with Crippen molar-refractivity contribution in [3.8, 4) is 0 Å². The highest BCUT2D eigenvalue weighted by molar-refractivity contribution is 5.08. The van der Waals surface area contributed by atoms with Gasteiger partial charge in [-0.1, -0.05) is 25.7 Å². The van der Waals surface area contributed by atoms with E-state index in [4.69, 9.17) is 5.73 Å². The van der Waals surface area contributed by atoms with E-state index in [0.29, 0.717) is 5.54 Å². The molecule has 0 amide bonds. The maximum absolute atomic E-state index is 6.11. The topological polar surface area (TPSA) is 38.0 Å². The number of fused-ring (bicyclic) bond motifs is 2. The van der Waals surface area contributed by atoms with Crippen LogP contribution in [-0.4, -0.2) is 18.1 Å². The molecule has 0 heterocycles. The van der Waals surface area contributed by atoms with E-state index >= 15 is 0 Å². The number of rotatable bonds is 3. The zero-order chi connectivity index (χ0) is 11.0. The standard InChI is InChI=1S/C14H26N2/c15-10-14(9-11-6-7-12(14)8-11)16-13-4-2-1-3-5-13/h11-13,16H,1-10,15H2. The minimum Gasteiger partial charge on any atom is -0.329 e. The van der Waals surface area contributed by atoms with Gasteiger partial charge in [-0.2, -0.15) is 0 Å². The Balaban J connectivity index is 1.66. The van der Waals surface area contributed by atoms with Gasteiger partial charge >= 0.3 is 0 Å². The van der Waals surface area contributed by atoms with Gasteiger partial charge in [-0.25, -0.2) is 0 Å². The Morgan fingerprint density at radius 2 is 1.88 bits per heavy atom. The monoisotopic (exact) mass is 222 g/mol. The fourth-order valence-electron chi connectivity index (χ4n) is 4.58. The van der Waals surface area contributed by atoms with Crippen LogP contribution in [0.3, 0.4) is 0 Å². The minimum atomic E-state index is 0.338. The summed E-state index contributed by atoms with van der Waals surface area (Å²) in [5.74, 6) is 1.88. The first kappa shape index (κ1) is 11.0. The van der Waals surface area contributed by atoms with Crippen molar-refractivity contribution in [2.45, 2.75) is 69.4 Å². The quantitative estimate of drug-likeness (QED) is 0.769. The molecule has 0 radical (unpaired) electrons. The molecule has 0 aromatic carbocycles. The summed E-state index contributed by atoms with van der Waals surface area (Å²) in [6, 6.07) is 0.775. The van der Waals surface area contributed by atoms with Crippen LogP contribution in [-0.2, 0) is 0 Å². The normalized spacial score (nSPS) is 44.1. The second-order valence-corrected chi connectivity index (χ2v) is 6.42. The lowest BCUT2D eigenvalue weighted by Crippen LogP contribution is -2.58. The van der Waals surface area contributed by atoms with Crippen molar-refractivity contribution < 1.29 is 0 Å². The summed E-state index contributed by atoms with van der Waals surface area (Å²) >= 11 is 0. The Morgan fingerprint density at radius 1 is 1.06 bits per heavy atom. The SMILES string of the molecule is NCC1(NC2CCCCC2)CC2CCC1C2. The molecule has 0 aliphatic heterocycles. The van der Waals surface area contributed by atoms with Crippen LogP contribution in [0.4, 0.5) is 0 Å². The lowest BCUT2D eigenvalue weighted by atomic mass is 9.79. The average molecular weight is 222 g/mol. The summed E-state index contributed by atoms with van der Waals surface area (Å²) in [6.45, 7) is 0.866. The van der Waals surface area contributed by atoms with Gasteiger partial charge in [0, 0.05) is 18.1 Å². The Bertz CT molecular complexity index is 247. The van der Waals surface area contributed by atoms with Gasteiger partial charge in [0.25, 0.3) is 0 Å². The highest BCUT2D eigenvalue weighted by atomic mass is 15.1. The number of hydrogen-bond acceptors (Lipinski definition) is 2. The smallest absolute Gasteiger partial charge is 0.0337 e. The van der Waals surface area contributed by atoms with E-state index in [1.165, 1.54) is 57.8 Å². The molecule has 16 heavy (non-hydrogen) atoms. The van der Waals surface area contributed by atoms with Crippen LogP contribution < -0.4 is 11.1 Å². The first-order valence-electron chi connectivity index (χ1n) is 7.30. The Kier molecular flexibility index (Phi) is 2.97. The van der Waals surface area contributed by atoms with Crippen molar-refractivity contribution in [3.63, 3.8) is 0 Å². The molecule has 3 fully saturated rings. The summed E-state index contributed by atoms with van der Waals surface area (Å²) in [7, 11) is 0. The van der Waals surface area contributed by atoms with E-state index in [-0.39, 0.29) is 0 Å². The van der Waals surface area contributed by atoms with Gasteiger partial charge < -0.3 is 11.1 Å². The van der Waals surface area contributed by atoms with Crippen molar-refractivity contribution in [1.29, 1.82) is 0 Å². The van der Waals surface area contributed by atoms with E-state index in [2.05, 4.69) is 5.32 Å². The molecule has 0 saturated heterocycles. The summed E-state index contributed by atoms with van der Waals surface area (Å²) in [5.41, 5.74) is 6.45. The maximum atomic E-state index is 6.11. The number of hydrogen-bond donors (Lipinski definition) is 2. The molecular weight excluding hydrogens is 196 g/mol. The lowest BCUT2D eigenvalue weighted by Gasteiger charge is -2.42. The predicted molar refractivity (Wildman–Crippen MR) is 67.2 cm³/mol. The van der Waals surface area contributed by atoms with Crippen LogP contribution in [0.15, 0.2) is 0 Å². The van der Waals surface area contributed by atoms with E-state index in [9.17, 15) is 0 Å². The molecule has 92 valence electrons. The van der Waals surface area contributed by atoms with Crippen LogP contribution in [0.1, 0.15) is 57.8 Å². The molecule has 3 rings (SSSR count). The Hall–Kier alpha value is -0.0800. The molecule has 3 aliphatic carbocycles. The van der Waals surface area contributed by atoms with Gasteiger partial charge in [0.15, 0.2) is 0 Å².